The van der Waals surface area contributed by atoms with Gasteiger partial charge in [0.2, 0.25) is 0 Å². The third-order valence-corrected chi connectivity index (χ3v) is 2.09. The number of methoxy groups -OCH3 is 1. The van der Waals surface area contributed by atoms with Crippen LogP contribution < -0.4 is 10.5 Å². The Balaban J connectivity index is 3.02. The number of halogens is 2. The van der Waals surface area contributed by atoms with Gasteiger partial charge in [0.1, 0.15) is 6.04 Å². The summed E-state index contributed by atoms with van der Waals surface area (Å²) >= 11 is 0. The summed E-state index contributed by atoms with van der Waals surface area (Å²) in [6, 6.07) is 0.923. The lowest BCUT2D eigenvalue weighted by Crippen LogP contribution is -2.32. The molecule has 1 aromatic carbocycles. The first-order valence-electron chi connectivity index (χ1n) is 4.46. The molecule has 1 atom stereocenters. The summed E-state index contributed by atoms with van der Waals surface area (Å²) in [5, 5.41) is 8.56. The molecule has 0 aliphatic rings. The van der Waals surface area contributed by atoms with Crippen molar-refractivity contribution in [3.63, 3.8) is 0 Å². The fourth-order valence-electron chi connectivity index (χ4n) is 1.24. The Morgan fingerprint density at radius 3 is 2.69 bits per heavy atom. The first-order chi connectivity index (χ1) is 7.47. The van der Waals surface area contributed by atoms with Crippen molar-refractivity contribution in [3.05, 3.63) is 29.3 Å². The Morgan fingerprint density at radius 2 is 2.19 bits per heavy atom. The van der Waals surface area contributed by atoms with Gasteiger partial charge in [-0.3, -0.25) is 4.79 Å². The average Bonchev–Trinajstić information content (AvgIpc) is 2.22. The number of carbonyl (C=O) groups is 1. The zero-order valence-corrected chi connectivity index (χ0v) is 8.54. The monoisotopic (exact) mass is 231 g/mol. The van der Waals surface area contributed by atoms with Crippen LogP contribution in [0.2, 0.25) is 0 Å². The Hall–Kier alpha value is -1.69. The molecule has 0 aliphatic heterocycles. The molecular formula is C10H11F2NO3. The van der Waals surface area contributed by atoms with Crippen LogP contribution >= 0.6 is 0 Å². The second-order valence-electron chi connectivity index (χ2n) is 3.20. The standard InChI is InChI=1S/C10H11F2NO3/c1-16-9-6(11)3-2-5(8(9)12)4-7(13)10(14)15/h2-3,7H,4,13H2,1H3,(H,14,15)/t7-/m0/s1. The van der Waals surface area contributed by atoms with Crippen molar-refractivity contribution in [3.8, 4) is 5.75 Å². The van der Waals surface area contributed by atoms with E-state index in [0.29, 0.717) is 0 Å². The van der Waals surface area contributed by atoms with Crippen molar-refractivity contribution < 1.29 is 23.4 Å². The summed E-state index contributed by atoms with van der Waals surface area (Å²) in [5.74, 6) is -3.54. The number of rotatable bonds is 4. The molecule has 0 spiro atoms. The Kier molecular flexibility index (Phi) is 3.78. The van der Waals surface area contributed by atoms with Crippen LogP contribution in [0, 0.1) is 11.6 Å². The van der Waals surface area contributed by atoms with Gasteiger partial charge < -0.3 is 15.6 Å². The van der Waals surface area contributed by atoms with Crippen LogP contribution in [0.5, 0.6) is 5.75 Å². The molecular weight excluding hydrogens is 220 g/mol. The molecule has 0 saturated carbocycles. The normalized spacial score (nSPS) is 12.2. The van der Waals surface area contributed by atoms with Crippen LogP contribution in [0.1, 0.15) is 5.56 Å². The summed E-state index contributed by atoms with van der Waals surface area (Å²) in [4.78, 5) is 10.5. The SMILES string of the molecule is COc1c(F)ccc(C[C@H](N)C(=O)O)c1F. The second kappa shape index (κ2) is 4.89. The zero-order valence-electron chi connectivity index (χ0n) is 8.54. The molecule has 0 aliphatic carbocycles. The summed E-state index contributed by atoms with van der Waals surface area (Å²) in [6.45, 7) is 0. The number of aliphatic carboxylic acids is 1. The number of nitrogens with two attached hydrogens (primary N) is 1. The molecule has 0 bridgehead atoms. The van der Waals surface area contributed by atoms with Crippen LogP contribution in [-0.4, -0.2) is 24.2 Å². The number of ether oxygens (including phenoxy) is 1. The molecule has 1 aromatic rings. The minimum absolute atomic E-state index is 0.00755. The van der Waals surface area contributed by atoms with Gasteiger partial charge >= 0.3 is 5.97 Å². The molecule has 16 heavy (non-hydrogen) atoms. The van der Waals surface area contributed by atoms with E-state index in [1.165, 1.54) is 0 Å². The molecule has 1 rings (SSSR count). The molecule has 0 radical (unpaired) electrons. The van der Waals surface area contributed by atoms with Crippen molar-refractivity contribution in [1.82, 2.24) is 0 Å². The lowest BCUT2D eigenvalue weighted by Gasteiger charge is -2.10. The van der Waals surface area contributed by atoms with E-state index in [0.717, 1.165) is 19.2 Å². The van der Waals surface area contributed by atoms with E-state index in [1.807, 2.05) is 0 Å². The number of hydrogen-bond donors (Lipinski definition) is 2. The van der Waals surface area contributed by atoms with Gasteiger partial charge in [-0.2, -0.15) is 0 Å². The molecule has 0 saturated heterocycles. The fraction of sp³-hybridized carbons (Fsp3) is 0.300. The summed E-state index contributed by atoms with van der Waals surface area (Å²) in [7, 11) is 1.13. The highest BCUT2D eigenvalue weighted by atomic mass is 19.1. The smallest absolute Gasteiger partial charge is 0.320 e. The van der Waals surface area contributed by atoms with Gasteiger partial charge in [0.15, 0.2) is 17.4 Å². The van der Waals surface area contributed by atoms with Gasteiger partial charge in [-0.25, -0.2) is 8.78 Å². The quantitative estimate of drug-likeness (QED) is 0.808. The fourth-order valence-corrected chi connectivity index (χ4v) is 1.24. The van der Waals surface area contributed by atoms with Gasteiger partial charge in [0.05, 0.1) is 7.11 Å². The number of benzene rings is 1. The predicted molar refractivity (Wildman–Crippen MR) is 52.2 cm³/mol. The maximum atomic E-state index is 13.5. The van der Waals surface area contributed by atoms with Crippen LogP contribution in [0.25, 0.3) is 0 Å². The third-order valence-electron chi connectivity index (χ3n) is 2.09. The molecule has 88 valence electrons. The maximum Gasteiger partial charge on any atom is 0.320 e. The Bertz CT molecular complexity index is 409. The summed E-state index contributed by atoms with van der Waals surface area (Å²) in [6.07, 6.45) is -0.224. The van der Waals surface area contributed by atoms with Gasteiger partial charge in [0, 0.05) is 6.42 Å². The maximum absolute atomic E-state index is 13.5. The molecule has 0 heterocycles. The average molecular weight is 231 g/mol. The lowest BCUT2D eigenvalue weighted by atomic mass is 10.1. The van der Waals surface area contributed by atoms with Crippen LogP contribution in [0.4, 0.5) is 8.78 Å². The van der Waals surface area contributed by atoms with Gasteiger partial charge in [0.25, 0.3) is 0 Å². The van der Waals surface area contributed by atoms with Crippen molar-refractivity contribution in [2.24, 2.45) is 5.73 Å². The number of carboxylic acids is 1. The van der Waals surface area contributed by atoms with Crippen molar-refractivity contribution in [2.75, 3.05) is 7.11 Å². The van der Waals surface area contributed by atoms with Crippen molar-refractivity contribution in [1.29, 1.82) is 0 Å². The lowest BCUT2D eigenvalue weighted by molar-refractivity contribution is -0.138. The van der Waals surface area contributed by atoms with Gasteiger partial charge in [-0.15, -0.1) is 0 Å². The van der Waals surface area contributed by atoms with Crippen molar-refractivity contribution >= 4 is 5.97 Å². The van der Waals surface area contributed by atoms with E-state index >= 15 is 0 Å². The minimum atomic E-state index is -1.25. The highest BCUT2D eigenvalue weighted by Gasteiger charge is 2.19. The van der Waals surface area contributed by atoms with Gasteiger partial charge in [-0.1, -0.05) is 6.07 Å². The summed E-state index contributed by atoms with van der Waals surface area (Å²) < 4.78 is 31.1. The molecule has 0 aromatic heterocycles. The zero-order chi connectivity index (χ0) is 12.3. The second-order valence-corrected chi connectivity index (χ2v) is 3.20. The Morgan fingerprint density at radius 1 is 1.56 bits per heavy atom. The molecule has 0 amide bonds. The van der Waals surface area contributed by atoms with E-state index < -0.39 is 29.4 Å². The van der Waals surface area contributed by atoms with Crippen LogP contribution in [-0.2, 0) is 11.2 Å². The first-order valence-corrected chi connectivity index (χ1v) is 4.46. The first kappa shape index (κ1) is 12.4. The largest absolute Gasteiger partial charge is 0.491 e. The van der Waals surface area contributed by atoms with Gasteiger partial charge in [-0.05, 0) is 11.6 Å². The van der Waals surface area contributed by atoms with E-state index in [9.17, 15) is 13.6 Å². The summed E-state index contributed by atoms with van der Waals surface area (Å²) in [5.41, 5.74) is 5.25. The topological polar surface area (TPSA) is 72.5 Å². The predicted octanol–water partition coefficient (Wildman–Crippen LogP) is 0.928. The minimum Gasteiger partial charge on any atom is -0.491 e. The number of hydrogen-bond acceptors (Lipinski definition) is 3. The Labute approximate surface area is 90.6 Å². The van der Waals surface area contributed by atoms with E-state index in [4.69, 9.17) is 10.8 Å². The molecule has 3 N–H and O–H groups in total. The third kappa shape index (κ3) is 2.46. The van der Waals surface area contributed by atoms with E-state index in [2.05, 4.69) is 4.74 Å². The molecule has 0 unspecified atom stereocenters. The van der Waals surface area contributed by atoms with E-state index in [-0.39, 0.29) is 12.0 Å². The highest BCUT2D eigenvalue weighted by Crippen LogP contribution is 2.24. The van der Waals surface area contributed by atoms with Crippen LogP contribution in [0.15, 0.2) is 12.1 Å². The van der Waals surface area contributed by atoms with E-state index in [1.54, 1.807) is 0 Å². The van der Waals surface area contributed by atoms with Crippen LogP contribution in [0.3, 0.4) is 0 Å². The number of carboxylic acid groups (broad SMARTS) is 1. The highest BCUT2D eigenvalue weighted by molar-refractivity contribution is 5.73. The molecule has 4 nitrogen and oxygen atoms in total. The molecule has 6 heteroatoms. The molecule has 0 fully saturated rings. The van der Waals surface area contributed by atoms with Crippen molar-refractivity contribution in [2.45, 2.75) is 12.5 Å².